The molecule has 150 valence electrons. The lowest BCUT2D eigenvalue weighted by Crippen LogP contribution is -2.53. The van der Waals surface area contributed by atoms with E-state index in [1.165, 1.54) is 5.57 Å². The second-order valence-electron chi connectivity index (χ2n) is 10.0. The monoisotopic (exact) mass is 384 g/mol. The number of allylic oxidation sites excluding steroid dienone is 4. The van der Waals surface area contributed by atoms with Crippen molar-refractivity contribution in [3.8, 4) is 0 Å². The first-order chi connectivity index (χ1) is 13.2. The SMILES string of the molecule is CC12CCC(=O)C=C1C[C@@H](C(=O)O)C1C2=CCC2(C)C1CC[C@@]21CCC(=O)O1. The minimum absolute atomic E-state index is 0.0368. The van der Waals surface area contributed by atoms with E-state index in [0.717, 1.165) is 37.7 Å². The van der Waals surface area contributed by atoms with Crippen LogP contribution < -0.4 is 0 Å². The molecule has 0 amide bonds. The Morgan fingerprint density at radius 3 is 2.64 bits per heavy atom. The average molecular weight is 384 g/mol. The third-order valence-corrected chi connectivity index (χ3v) is 9.04. The number of hydrogen-bond donors (Lipinski definition) is 1. The van der Waals surface area contributed by atoms with Crippen molar-refractivity contribution in [3.05, 3.63) is 23.3 Å². The van der Waals surface area contributed by atoms with Gasteiger partial charge >= 0.3 is 11.9 Å². The molecule has 5 heteroatoms. The Labute approximate surface area is 165 Å². The molecule has 1 aliphatic heterocycles. The molecule has 5 aliphatic rings. The molecule has 1 N–H and O–H groups in total. The maximum atomic E-state index is 12.3. The highest BCUT2D eigenvalue weighted by Crippen LogP contribution is 2.68. The fourth-order valence-electron chi connectivity index (χ4n) is 7.39. The summed E-state index contributed by atoms with van der Waals surface area (Å²) in [6, 6.07) is 0. The lowest BCUT2D eigenvalue weighted by molar-refractivity contribution is -0.162. The van der Waals surface area contributed by atoms with Gasteiger partial charge in [0.05, 0.1) is 5.92 Å². The highest BCUT2D eigenvalue weighted by molar-refractivity contribution is 5.92. The number of aliphatic carboxylic acids is 1. The number of hydrogen-bond acceptors (Lipinski definition) is 4. The molecule has 28 heavy (non-hydrogen) atoms. The molecule has 0 aromatic rings. The van der Waals surface area contributed by atoms with Crippen LogP contribution in [0, 0.1) is 28.6 Å². The van der Waals surface area contributed by atoms with Crippen LogP contribution in [0.3, 0.4) is 0 Å². The van der Waals surface area contributed by atoms with Crippen molar-refractivity contribution in [3.63, 3.8) is 0 Å². The normalized spacial score (nSPS) is 47.0. The summed E-state index contributed by atoms with van der Waals surface area (Å²) in [5, 5.41) is 10.1. The Bertz CT molecular complexity index is 853. The third kappa shape index (κ3) is 2.11. The van der Waals surface area contributed by atoms with E-state index >= 15 is 0 Å². The van der Waals surface area contributed by atoms with Crippen molar-refractivity contribution in [1.29, 1.82) is 0 Å². The molecule has 0 bridgehead atoms. The predicted octanol–water partition coefficient (Wildman–Crippen LogP) is 3.82. The van der Waals surface area contributed by atoms with E-state index in [1.807, 2.05) is 0 Å². The number of esters is 1. The molecular weight excluding hydrogens is 356 g/mol. The fourth-order valence-corrected chi connectivity index (χ4v) is 7.39. The molecule has 6 atom stereocenters. The zero-order valence-electron chi connectivity index (χ0n) is 16.6. The first-order valence-corrected chi connectivity index (χ1v) is 10.6. The molecule has 1 heterocycles. The number of carbonyl (C=O) groups is 3. The van der Waals surface area contributed by atoms with Gasteiger partial charge in [-0.1, -0.05) is 31.1 Å². The van der Waals surface area contributed by atoms with Crippen LogP contribution in [0.15, 0.2) is 23.3 Å². The minimum Gasteiger partial charge on any atom is -0.481 e. The summed E-state index contributed by atoms with van der Waals surface area (Å²) >= 11 is 0. The molecule has 2 saturated carbocycles. The molecule has 0 radical (unpaired) electrons. The topological polar surface area (TPSA) is 80.7 Å². The number of ether oxygens (including phenoxy) is 1. The van der Waals surface area contributed by atoms with E-state index in [1.54, 1.807) is 6.08 Å². The number of ketones is 1. The zero-order chi connectivity index (χ0) is 19.9. The van der Waals surface area contributed by atoms with Gasteiger partial charge in [0, 0.05) is 23.7 Å². The molecule has 1 saturated heterocycles. The number of carboxylic acid groups (broad SMARTS) is 1. The number of carboxylic acids is 1. The summed E-state index contributed by atoms with van der Waals surface area (Å²) in [6.45, 7) is 4.42. The summed E-state index contributed by atoms with van der Waals surface area (Å²) in [6.07, 6.45) is 9.53. The van der Waals surface area contributed by atoms with Gasteiger partial charge in [-0.3, -0.25) is 14.4 Å². The second-order valence-corrected chi connectivity index (χ2v) is 10.0. The Morgan fingerprint density at radius 1 is 1.18 bits per heavy atom. The third-order valence-electron chi connectivity index (χ3n) is 9.04. The van der Waals surface area contributed by atoms with Gasteiger partial charge in [-0.25, -0.2) is 0 Å². The Kier molecular flexibility index (Phi) is 3.61. The van der Waals surface area contributed by atoms with E-state index in [9.17, 15) is 19.5 Å². The first kappa shape index (κ1) is 18.1. The summed E-state index contributed by atoms with van der Waals surface area (Å²) in [5.74, 6) is -1.10. The first-order valence-electron chi connectivity index (χ1n) is 10.6. The Morgan fingerprint density at radius 2 is 1.96 bits per heavy atom. The van der Waals surface area contributed by atoms with Gasteiger partial charge in [-0.05, 0) is 56.4 Å². The Balaban J connectivity index is 1.63. The van der Waals surface area contributed by atoms with Crippen LogP contribution in [0.4, 0.5) is 0 Å². The summed E-state index contributed by atoms with van der Waals surface area (Å²) < 4.78 is 5.93. The van der Waals surface area contributed by atoms with Crippen LogP contribution in [0.1, 0.15) is 65.2 Å². The maximum Gasteiger partial charge on any atom is 0.307 e. The summed E-state index contributed by atoms with van der Waals surface area (Å²) in [5.41, 5.74) is 1.40. The van der Waals surface area contributed by atoms with Crippen molar-refractivity contribution in [2.45, 2.75) is 70.8 Å². The number of fused-ring (bicyclic) bond motifs is 6. The van der Waals surface area contributed by atoms with Gasteiger partial charge in [0.2, 0.25) is 0 Å². The molecule has 5 rings (SSSR count). The molecule has 0 aromatic heterocycles. The van der Waals surface area contributed by atoms with Crippen molar-refractivity contribution >= 4 is 17.7 Å². The number of carbonyl (C=O) groups excluding carboxylic acids is 2. The van der Waals surface area contributed by atoms with Gasteiger partial charge in [0.15, 0.2) is 5.78 Å². The summed E-state index contributed by atoms with van der Waals surface area (Å²) in [7, 11) is 0. The predicted molar refractivity (Wildman–Crippen MR) is 101 cm³/mol. The van der Waals surface area contributed by atoms with Crippen molar-refractivity contribution in [1.82, 2.24) is 0 Å². The van der Waals surface area contributed by atoms with Crippen LogP contribution in [-0.2, 0) is 19.1 Å². The molecule has 3 fully saturated rings. The molecule has 4 unspecified atom stereocenters. The molecule has 1 spiro atoms. The van der Waals surface area contributed by atoms with E-state index in [0.29, 0.717) is 19.3 Å². The fraction of sp³-hybridized carbons (Fsp3) is 0.696. The number of rotatable bonds is 1. The van der Waals surface area contributed by atoms with Gasteiger partial charge in [-0.15, -0.1) is 0 Å². The van der Waals surface area contributed by atoms with Crippen LogP contribution in [0.2, 0.25) is 0 Å². The van der Waals surface area contributed by atoms with Crippen molar-refractivity contribution in [2.75, 3.05) is 0 Å². The molecule has 4 aliphatic carbocycles. The highest BCUT2D eigenvalue weighted by atomic mass is 16.6. The molecule has 0 aromatic carbocycles. The van der Waals surface area contributed by atoms with Crippen LogP contribution in [0.5, 0.6) is 0 Å². The average Bonchev–Trinajstić information content (AvgIpc) is 3.16. The van der Waals surface area contributed by atoms with Crippen molar-refractivity contribution < 1.29 is 24.2 Å². The van der Waals surface area contributed by atoms with Crippen LogP contribution in [-0.4, -0.2) is 28.4 Å². The van der Waals surface area contributed by atoms with Gasteiger partial charge in [0.25, 0.3) is 0 Å². The highest BCUT2D eigenvalue weighted by Gasteiger charge is 2.67. The van der Waals surface area contributed by atoms with E-state index < -0.39 is 17.5 Å². The zero-order valence-corrected chi connectivity index (χ0v) is 16.6. The second kappa shape index (κ2) is 5.58. The smallest absolute Gasteiger partial charge is 0.307 e. The maximum absolute atomic E-state index is 12.3. The van der Waals surface area contributed by atoms with Crippen LogP contribution >= 0.6 is 0 Å². The van der Waals surface area contributed by atoms with Crippen molar-refractivity contribution in [2.24, 2.45) is 28.6 Å². The van der Waals surface area contributed by atoms with Gasteiger partial charge in [-0.2, -0.15) is 0 Å². The standard InChI is InChI=1S/C23H28O5/c1-21-7-3-14(24)11-13(21)12-15(20(26)27)19-16(21)4-8-22(2)17(19)5-9-23(22)10-6-18(25)28-23/h4,11,15,17,19H,3,5-10,12H2,1-2H3,(H,26,27)/t15-,17?,19?,21?,22?,23-/m1/s1. The molecular formula is C23H28O5. The van der Waals surface area contributed by atoms with E-state index in [4.69, 9.17) is 4.74 Å². The quantitative estimate of drug-likeness (QED) is 0.549. The molecule has 5 nitrogen and oxygen atoms in total. The largest absolute Gasteiger partial charge is 0.481 e. The Hall–Kier alpha value is -1.91. The summed E-state index contributed by atoms with van der Waals surface area (Å²) in [4.78, 5) is 36.3. The van der Waals surface area contributed by atoms with E-state index in [-0.39, 0.29) is 34.4 Å². The van der Waals surface area contributed by atoms with Gasteiger partial charge in [0.1, 0.15) is 5.60 Å². The van der Waals surface area contributed by atoms with Gasteiger partial charge < -0.3 is 9.84 Å². The lowest BCUT2D eigenvalue weighted by Gasteiger charge is -2.56. The van der Waals surface area contributed by atoms with Crippen LogP contribution in [0.25, 0.3) is 0 Å². The minimum atomic E-state index is -0.773. The van der Waals surface area contributed by atoms with E-state index in [2.05, 4.69) is 19.9 Å². The lowest BCUT2D eigenvalue weighted by atomic mass is 9.48.